The van der Waals surface area contributed by atoms with Gasteiger partial charge in [-0.25, -0.2) is 9.37 Å². The molecule has 0 radical (unpaired) electrons. The van der Waals surface area contributed by atoms with Crippen LogP contribution in [0.15, 0.2) is 36.4 Å². The molecule has 2 aromatic carbocycles. The van der Waals surface area contributed by atoms with E-state index in [1.54, 1.807) is 4.90 Å². The van der Waals surface area contributed by atoms with E-state index in [9.17, 15) is 9.18 Å². The van der Waals surface area contributed by atoms with Crippen LogP contribution in [-0.2, 0) is 4.74 Å². The number of amides is 1. The second kappa shape index (κ2) is 9.91. The van der Waals surface area contributed by atoms with Crippen LogP contribution in [0.25, 0.3) is 10.2 Å². The van der Waals surface area contributed by atoms with E-state index in [1.165, 1.54) is 23.5 Å². The Morgan fingerprint density at radius 1 is 1.29 bits per heavy atom. The second-order valence-corrected chi connectivity index (χ2v) is 8.51. The van der Waals surface area contributed by atoms with Gasteiger partial charge in [0, 0.05) is 26.2 Å². The number of carbonyl (C=O) groups excluding carboxylic acids is 1. The minimum Gasteiger partial charge on any atom is -0.494 e. The first-order valence-electron chi connectivity index (χ1n) is 10.2. The Morgan fingerprint density at radius 3 is 2.84 bits per heavy atom. The van der Waals surface area contributed by atoms with Crippen LogP contribution < -0.4 is 9.64 Å². The maximum absolute atomic E-state index is 13.5. The molecule has 4 rings (SSSR count). The zero-order valence-electron chi connectivity index (χ0n) is 17.1. The van der Waals surface area contributed by atoms with E-state index in [0.29, 0.717) is 38.0 Å². The van der Waals surface area contributed by atoms with Crippen molar-refractivity contribution in [3.8, 4) is 5.75 Å². The zero-order chi connectivity index (χ0) is 21.8. The van der Waals surface area contributed by atoms with Gasteiger partial charge in [-0.05, 0) is 43.3 Å². The molecule has 0 N–H and O–H groups in total. The van der Waals surface area contributed by atoms with E-state index in [4.69, 9.17) is 21.1 Å². The molecule has 9 heteroatoms. The lowest BCUT2D eigenvalue weighted by Gasteiger charge is -2.29. The third-order valence-electron chi connectivity index (χ3n) is 5.04. The Bertz CT molecular complexity index is 1070. The number of hydrogen-bond acceptors (Lipinski definition) is 6. The fourth-order valence-electron chi connectivity index (χ4n) is 3.42. The van der Waals surface area contributed by atoms with Crippen LogP contribution in [-0.4, -0.2) is 61.8 Å². The van der Waals surface area contributed by atoms with Crippen LogP contribution in [0, 0.1) is 5.82 Å². The van der Waals surface area contributed by atoms with Crippen LogP contribution in [0.4, 0.5) is 9.52 Å². The summed E-state index contributed by atoms with van der Waals surface area (Å²) in [5.74, 6) is -0.0230. The smallest absolute Gasteiger partial charge is 0.261 e. The van der Waals surface area contributed by atoms with Crippen molar-refractivity contribution in [3.05, 3.63) is 52.8 Å². The molecular weight excluding hydrogens is 441 g/mol. The molecule has 1 fully saturated rings. The van der Waals surface area contributed by atoms with Crippen LogP contribution in [0.1, 0.15) is 17.3 Å². The quantitative estimate of drug-likeness (QED) is 0.517. The summed E-state index contributed by atoms with van der Waals surface area (Å²) in [5.41, 5.74) is 1.04. The van der Waals surface area contributed by atoms with Gasteiger partial charge in [0.2, 0.25) is 0 Å². The topological polar surface area (TPSA) is 54.9 Å². The standard InChI is InChI=1S/C22H23ClFN3O3S/c1-2-30-16-4-6-19-20(14-16)31-22(25-19)27(8-7-26-9-11-29-12-10-26)21(28)17-5-3-15(24)13-18(17)23/h3-6,13-14H,2,7-12H2,1H3. The summed E-state index contributed by atoms with van der Waals surface area (Å²) < 4.78 is 25.4. The van der Waals surface area contributed by atoms with Gasteiger partial charge in [0.1, 0.15) is 11.6 Å². The molecule has 3 aromatic rings. The zero-order valence-corrected chi connectivity index (χ0v) is 18.7. The lowest BCUT2D eigenvalue weighted by molar-refractivity contribution is 0.0391. The predicted molar refractivity (Wildman–Crippen MR) is 121 cm³/mol. The van der Waals surface area contributed by atoms with E-state index < -0.39 is 5.82 Å². The van der Waals surface area contributed by atoms with Crippen molar-refractivity contribution in [2.75, 3.05) is 50.9 Å². The van der Waals surface area contributed by atoms with Gasteiger partial charge in [0.05, 0.1) is 40.6 Å². The fourth-order valence-corrected chi connectivity index (χ4v) is 4.69. The van der Waals surface area contributed by atoms with E-state index in [-0.39, 0.29) is 16.5 Å². The van der Waals surface area contributed by atoms with Gasteiger partial charge in [-0.2, -0.15) is 0 Å². The Labute approximate surface area is 189 Å². The Hall–Kier alpha value is -2.26. The monoisotopic (exact) mass is 463 g/mol. The summed E-state index contributed by atoms with van der Waals surface area (Å²) in [7, 11) is 0. The highest BCUT2D eigenvalue weighted by molar-refractivity contribution is 7.22. The van der Waals surface area contributed by atoms with Crippen molar-refractivity contribution < 1.29 is 18.7 Å². The van der Waals surface area contributed by atoms with Gasteiger partial charge in [-0.15, -0.1) is 0 Å². The van der Waals surface area contributed by atoms with Crippen LogP contribution >= 0.6 is 22.9 Å². The molecule has 164 valence electrons. The maximum Gasteiger partial charge on any atom is 0.261 e. The third kappa shape index (κ3) is 5.15. The first-order chi connectivity index (χ1) is 15.0. The highest BCUT2D eigenvalue weighted by Crippen LogP contribution is 2.33. The van der Waals surface area contributed by atoms with Gasteiger partial charge in [0.15, 0.2) is 5.13 Å². The summed E-state index contributed by atoms with van der Waals surface area (Å²) in [6.07, 6.45) is 0. The summed E-state index contributed by atoms with van der Waals surface area (Å²) in [6, 6.07) is 9.49. The molecule has 1 aliphatic rings. The lowest BCUT2D eigenvalue weighted by Crippen LogP contribution is -2.43. The lowest BCUT2D eigenvalue weighted by atomic mass is 10.2. The number of aromatic nitrogens is 1. The molecule has 0 spiro atoms. The summed E-state index contributed by atoms with van der Waals surface area (Å²) >= 11 is 7.61. The normalized spacial score (nSPS) is 14.7. The minimum absolute atomic E-state index is 0.0844. The average Bonchev–Trinajstić information content (AvgIpc) is 3.18. The van der Waals surface area contributed by atoms with Crippen LogP contribution in [0.2, 0.25) is 5.02 Å². The number of thiazole rings is 1. The van der Waals surface area contributed by atoms with Crippen LogP contribution in [0.3, 0.4) is 0 Å². The molecule has 1 aliphatic heterocycles. The van der Waals surface area contributed by atoms with Gasteiger partial charge in [-0.1, -0.05) is 22.9 Å². The number of hydrogen-bond donors (Lipinski definition) is 0. The first-order valence-corrected chi connectivity index (χ1v) is 11.3. The number of carbonyl (C=O) groups is 1. The molecule has 0 atom stereocenters. The van der Waals surface area contributed by atoms with Crippen molar-refractivity contribution in [1.29, 1.82) is 0 Å². The molecule has 1 amide bonds. The molecule has 6 nitrogen and oxygen atoms in total. The average molecular weight is 464 g/mol. The number of benzene rings is 2. The third-order valence-corrected chi connectivity index (χ3v) is 6.39. The molecule has 0 saturated carbocycles. The molecule has 0 aliphatic carbocycles. The van der Waals surface area contributed by atoms with Crippen molar-refractivity contribution in [3.63, 3.8) is 0 Å². The summed E-state index contributed by atoms with van der Waals surface area (Å²) in [4.78, 5) is 22.0. The van der Waals surface area contributed by atoms with Gasteiger partial charge < -0.3 is 9.47 Å². The van der Waals surface area contributed by atoms with E-state index >= 15 is 0 Å². The first kappa shape index (κ1) is 22.0. The second-order valence-electron chi connectivity index (χ2n) is 7.09. The Morgan fingerprint density at radius 2 is 2.10 bits per heavy atom. The number of halogens is 2. The minimum atomic E-state index is -0.482. The van der Waals surface area contributed by atoms with E-state index in [1.807, 2.05) is 25.1 Å². The van der Waals surface area contributed by atoms with Gasteiger partial charge >= 0.3 is 0 Å². The molecule has 1 aromatic heterocycles. The number of nitrogens with zero attached hydrogens (tertiary/aromatic N) is 3. The summed E-state index contributed by atoms with van der Waals surface area (Å²) in [5, 5.41) is 0.656. The molecule has 31 heavy (non-hydrogen) atoms. The van der Waals surface area contributed by atoms with Gasteiger partial charge in [0.25, 0.3) is 5.91 Å². The highest BCUT2D eigenvalue weighted by Gasteiger charge is 2.24. The van der Waals surface area contributed by atoms with Crippen molar-refractivity contribution in [1.82, 2.24) is 9.88 Å². The Balaban J connectivity index is 1.65. The Kier molecular flexibility index (Phi) is 7.02. The molecule has 2 heterocycles. The molecular formula is C22H23ClFN3O3S. The van der Waals surface area contributed by atoms with Crippen molar-refractivity contribution in [2.24, 2.45) is 0 Å². The fraction of sp³-hybridized carbons (Fsp3) is 0.364. The van der Waals surface area contributed by atoms with Crippen LogP contribution in [0.5, 0.6) is 5.75 Å². The highest BCUT2D eigenvalue weighted by atomic mass is 35.5. The number of ether oxygens (including phenoxy) is 2. The van der Waals surface area contributed by atoms with Gasteiger partial charge in [-0.3, -0.25) is 14.6 Å². The van der Waals surface area contributed by atoms with Crippen molar-refractivity contribution >= 4 is 44.2 Å². The number of fused-ring (bicyclic) bond motifs is 1. The molecule has 0 bridgehead atoms. The molecule has 1 saturated heterocycles. The number of anilines is 1. The summed E-state index contributed by atoms with van der Waals surface area (Å²) in [6.45, 7) is 6.61. The maximum atomic E-state index is 13.5. The SMILES string of the molecule is CCOc1ccc2nc(N(CCN3CCOCC3)C(=O)c3ccc(F)cc3Cl)sc2c1. The van der Waals surface area contributed by atoms with E-state index in [2.05, 4.69) is 9.88 Å². The van der Waals surface area contributed by atoms with E-state index in [0.717, 1.165) is 35.1 Å². The predicted octanol–water partition coefficient (Wildman–Crippen LogP) is 4.47. The molecule has 0 unspecified atom stereocenters. The van der Waals surface area contributed by atoms with Crippen molar-refractivity contribution in [2.45, 2.75) is 6.92 Å². The number of rotatable bonds is 7. The number of morpholine rings is 1. The largest absolute Gasteiger partial charge is 0.494 e.